The molecule has 0 unspecified atom stereocenters. The van der Waals surface area contributed by atoms with Gasteiger partial charge in [-0.3, -0.25) is 4.79 Å². The molecule has 3 rings (SSSR count). The molecule has 1 aliphatic rings. The number of methoxy groups -OCH3 is 3. The number of hydrogen-bond donors (Lipinski definition) is 1. The fourth-order valence-electron chi connectivity index (χ4n) is 3.30. The minimum absolute atomic E-state index is 0.288. The molecule has 1 heterocycles. The van der Waals surface area contributed by atoms with Crippen molar-refractivity contribution in [3.05, 3.63) is 39.8 Å². The molecule has 0 radical (unpaired) electrons. The summed E-state index contributed by atoms with van der Waals surface area (Å²) < 4.78 is 16.0. The predicted molar refractivity (Wildman–Crippen MR) is 109 cm³/mol. The van der Waals surface area contributed by atoms with Crippen LogP contribution in [0.4, 0.5) is 5.00 Å². The number of aryl methyl sites for hydroxylation is 1. The SMILES string of the molecule is COc1cc(/C=C/C(=O)Nc2sc3c(c2C#N)CCCC3)cc(OC)c1OC. The van der Waals surface area contributed by atoms with Crippen LogP contribution in [0.3, 0.4) is 0 Å². The maximum absolute atomic E-state index is 12.4. The minimum atomic E-state index is -0.288. The molecule has 1 aromatic heterocycles. The first-order valence-electron chi connectivity index (χ1n) is 8.95. The molecule has 146 valence electrons. The molecule has 0 fully saturated rings. The van der Waals surface area contributed by atoms with Gasteiger partial charge < -0.3 is 19.5 Å². The quantitative estimate of drug-likeness (QED) is 0.739. The summed E-state index contributed by atoms with van der Waals surface area (Å²) in [6.07, 6.45) is 7.21. The maximum Gasteiger partial charge on any atom is 0.249 e. The number of fused-ring (bicyclic) bond motifs is 1. The zero-order valence-electron chi connectivity index (χ0n) is 16.1. The summed E-state index contributed by atoms with van der Waals surface area (Å²) in [7, 11) is 4.62. The van der Waals surface area contributed by atoms with E-state index in [1.807, 2.05) is 0 Å². The number of hydrogen-bond acceptors (Lipinski definition) is 6. The Balaban J connectivity index is 1.80. The van der Waals surface area contributed by atoms with E-state index in [-0.39, 0.29) is 5.91 Å². The van der Waals surface area contributed by atoms with Crippen LogP contribution in [-0.4, -0.2) is 27.2 Å². The van der Waals surface area contributed by atoms with Crippen LogP contribution in [0, 0.1) is 11.3 Å². The topological polar surface area (TPSA) is 80.6 Å². The molecule has 7 heteroatoms. The van der Waals surface area contributed by atoms with Crippen LogP contribution in [0.1, 0.15) is 34.4 Å². The average Bonchev–Trinajstić information content (AvgIpc) is 3.07. The summed E-state index contributed by atoms with van der Waals surface area (Å²) in [6.45, 7) is 0. The zero-order chi connectivity index (χ0) is 20.1. The van der Waals surface area contributed by atoms with E-state index in [1.165, 1.54) is 29.4 Å². The van der Waals surface area contributed by atoms with E-state index in [0.717, 1.165) is 36.8 Å². The van der Waals surface area contributed by atoms with E-state index in [9.17, 15) is 10.1 Å². The Morgan fingerprint density at radius 2 is 1.82 bits per heavy atom. The molecule has 1 aliphatic carbocycles. The normalized spacial score (nSPS) is 12.9. The van der Waals surface area contributed by atoms with Gasteiger partial charge in [-0.05, 0) is 55.0 Å². The van der Waals surface area contributed by atoms with Gasteiger partial charge in [0.1, 0.15) is 11.1 Å². The molecule has 0 spiro atoms. The van der Waals surface area contributed by atoms with Gasteiger partial charge in [0.15, 0.2) is 11.5 Å². The number of nitrogens with zero attached hydrogens (tertiary/aromatic N) is 1. The molecule has 0 aliphatic heterocycles. The van der Waals surface area contributed by atoms with E-state index in [2.05, 4.69) is 11.4 Å². The molecule has 0 atom stereocenters. The van der Waals surface area contributed by atoms with Crippen LogP contribution < -0.4 is 19.5 Å². The lowest BCUT2D eigenvalue weighted by molar-refractivity contribution is -0.111. The van der Waals surface area contributed by atoms with E-state index in [0.29, 0.717) is 27.8 Å². The predicted octanol–water partition coefficient (Wildman–Crippen LogP) is 4.18. The van der Waals surface area contributed by atoms with Crippen LogP contribution in [0.15, 0.2) is 18.2 Å². The van der Waals surface area contributed by atoms with Gasteiger partial charge >= 0.3 is 0 Å². The van der Waals surface area contributed by atoms with E-state index in [4.69, 9.17) is 14.2 Å². The van der Waals surface area contributed by atoms with Crippen LogP contribution in [-0.2, 0) is 17.6 Å². The Labute approximate surface area is 168 Å². The van der Waals surface area contributed by atoms with Gasteiger partial charge in [-0.1, -0.05) is 0 Å². The molecule has 2 aromatic rings. The second-order valence-electron chi connectivity index (χ2n) is 6.31. The van der Waals surface area contributed by atoms with Crippen LogP contribution >= 0.6 is 11.3 Å². The first-order valence-corrected chi connectivity index (χ1v) is 9.76. The van der Waals surface area contributed by atoms with Crippen molar-refractivity contribution in [1.29, 1.82) is 5.26 Å². The third-order valence-corrected chi connectivity index (χ3v) is 5.84. The van der Waals surface area contributed by atoms with Gasteiger partial charge in [-0.25, -0.2) is 0 Å². The minimum Gasteiger partial charge on any atom is -0.493 e. The molecule has 1 N–H and O–H groups in total. The smallest absolute Gasteiger partial charge is 0.249 e. The maximum atomic E-state index is 12.4. The summed E-state index contributed by atoms with van der Waals surface area (Å²) in [6, 6.07) is 5.77. The second-order valence-corrected chi connectivity index (χ2v) is 7.41. The number of ether oxygens (including phenoxy) is 3. The van der Waals surface area contributed by atoms with Gasteiger partial charge in [0.2, 0.25) is 11.7 Å². The van der Waals surface area contributed by atoms with Gasteiger partial charge in [-0.2, -0.15) is 5.26 Å². The summed E-state index contributed by atoms with van der Waals surface area (Å²) >= 11 is 1.51. The lowest BCUT2D eigenvalue weighted by Gasteiger charge is -2.12. The first-order chi connectivity index (χ1) is 13.6. The summed E-state index contributed by atoms with van der Waals surface area (Å²) in [4.78, 5) is 13.6. The highest BCUT2D eigenvalue weighted by Crippen LogP contribution is 2.39. The van der Waals surface area contributed by atoms with Gasteiger partial charge in [0, 0.05) is 11.0 Å². The first kappa shape index (κ1) is 19.8. The molecule has 0 bridgehead atoms. The molecular weight excluding hydrogens is 376 g/mol. The second kappa shape index (κ2) is 8.81. The van der Waals surface area contributed by atoms with Crippen molar-refractivity contribution in [3.8, 4) is 23.3 Å². The van der Waals surface area contributed by atoms with Crippen LogP contribution in [0.25, 0.3) is 6.08 Å². The van der Waals surface area contributed by atoms with Crippen molar-refractivity contribution in [2.45, 2.75) is 25.7 Å². The highest BCUT2D eigenvalue weighted by atomic mass is 32.1. The fourth-order valence-corrected chi connectivity index (χ4v) is 4.54. The fraction of sp³-hybridized carbons (Fsp3) is 0.333. The Kier molecular flexibility index (Phi) is 6.22. The number of carbonyl (C=O) groups is 1. The average molecular weight is 398 g/mol. The monoisotopic (exact) mass is 398 g/mol. The molecule has 1 aromatic carbocycles. The Bertz CT molecular complexity index is 931. The molecule has 28 heavy (non-hydrogen) atoms. The van der Waals surface area contributed by atoms with Crippen molar-refractivity contribution in [2.24, 2.45) is 0 Å². The summed E-state index contributed by atoms with van der Waals surface area (Å²) in [5, 5.41) is 13.0. The number of amides is 1. The van der Waals surface area contributed by atoms with Crippen molar-refractivity contribution in [2.75, 3.05) is 26.6 Å². The number of benzene rings is 1. The summed E-state index contributed by atoms with van der Waals surface area (Å²) in [5.41, 5.74) is 2.44. The van der Waals surface area contributed by atoms with Crippen LogP contribution in [0.5, 0.6) is 17.2 Å². The number of rotatable bonds is 6. The molecular formula is C21H22N2O4S. The third-order valence-electron chi connectivity index (χ3n) is 4.63. The van der Waals surface area contributed by atoms with Crippen molar-refractivity contribution < 1.29 is 19.0 Å². The lowest BCUT2D eigenvalue weighted by Crippen LogP contribution is -2.08. The number of carbonyl (C=O) groups excluding carboxylic acids is 1. The lowest BCUT2D eigenvalue weighted by atomic mass is 9.96. The Morgan fingerprint density at radius 1 is 1.14 bits per heavy atom. The van der Waals surface area contributed by atoms with Gasteiger partial charge in [0.05, 0.1) is 26.9 Å². The van der Waals surface area contributed by atoms with Crippen molar-refractivity contribution >= 4 is 28.3 Å². The van der Waals surface area contributed by atoms with E-state index >= 15 is 0 Å². The molecule has 0 saturated heterocycles. The Hall–Kier alpha value is -2.98. The third kappa shape index (κ3) is 3.97. The number of anilines is 1. The van der Waals surface area contributed by atoms with Crippen LogP contribution in [0.2, 0.25) is 0 Å². The van der Waals surface area contributed by atoms with Crippen molar-refractivity contribution in [1.82, 2.24) is 0 Å². The zero-order valence-corrected chi connectivity index (χ0v) is 16.9. The Morgan fingerprint density at radius 3 is 2.43 bits per heavy atom. The largest absolute Gasteiger partial charge is 0.493 e. The number of nitrogens with one attached hydrogen (secondary N) is 1. The number of nitriles is 1. The molecule has 1 amide bonds. The van der Waals surface area contributed by atoms with Crippen molar-refractivity contribution in [3.63, 3.8) is 0 Å². The van der Waals surface area contributed by atoms with E-state index < -0.39 is 0 Å². The summed E-state index contributed by atoms with van der Waals surface area (Å²) in [5.74, 6) is 1.23. The molecule has 0 saturated carbocycles. The molecule has 6 nitrogen and oxygen atoms in total. The van der Waals surface area contributed by atoms with Gasteiger partial charge in [-0.15, -0.1) is 11.3 Å². The highest BCUT2D eigenvalue weighted by Gasteiger charge is 2.21. The highest BCUT2D eigenvalue weighted by molar-refractivity contribution is 7.16. The van der Waals surface area contributed by atoms with Gasteiger partial charge in [0.25, 0.3) is 0 Å². The number of thiophene rings is 1. The van der Waals surface area contributed by atoms with E-state index in [1.54, 1.807) is 32.4 Å². The standard InChI is InChI=1S/C21H22N2O4S/c1-25-16-10-13(11-17(26-2)20(16)27-3)8-9-19(24)23-21-15(12-22)14-6-4-5-7-18(14)28-21/h8-11H,4-7H2,1-3H3,(H,23,24)/b9-8+.